The maximum absolute atomic E-state index is 12.9. The molecule has 0 bridgehead atoms. The quantitative estimate of drug-likeness (QED) is 0.192. The summed E-state index contributed by atoms with van der Waals surface area (Å²) in [6.45, 7) is 1.64. The molecule has 2 amide bonds. The summed E-state index contributed by atoms with van der Waals surface area (Å²) in [5, 5.41) is 18.3. The molecule has 0 atom stereocenters. The number of hydrogen-bond acceptors (Lipinski definition) is 7. The molecule has 158 valence electrons. The number of carbonyl (C=O) groups is 2. The van der Waals surface area contributed by atoms with Crippen LogP contribution >= 0.6 is 12.2 Å². The lowest BCUT2D eigenvalue weighted by Gasteiger charge is -2.25. The van der Waals surface area contributed by atoms with Gasteiger partial charge in [0.1, 0.15) is 5.57 Å². The third-order valence-electron chi connectivity index (χ3n) is 4.55. The fourth-order valence-electron chi connectivity index (χ4n) is 2.81. The predicted molar refractivity (Wildman–Crippen MR) is 122 cm³/mol. The first-order chi connectivity index (χ1) is 14.7. The minimum atomic E-state index is -0.660. The lowest BCUT2D eigenvalue weighted by Crippen LogP contribution is -2.51. The number of thiocarbonyl (C=S) groups is 1. The molecule has 0 spiro atoms. The van der Waals surface area contributed by atoms with E-state index in [0.29, 0.717) is 16.8 Å². The molecule has 2 aromatic rings. The Morgan fingerprint density at radius 3 is 2.29 bits per heavy atom. The first kappa shape index (κ1) is 21.8. The van der Waals surface area contributed by atoms with E-state index < -0.39 is 16.7 Å². The monoisotopic (exact) mass is 437 g/mol. The van der Waals surface area contributed by atoms with Gasteiger partial charge in [-0.2, -0.15) is 10.1 Å². The number of nitro benzene ring substituents is 1. The van der Waals surface area contributed by atoms with Gasteiger partial charge in [0.15, 0.2) is 0 Å². The average molecular weight is 437 g/mol. The molecule has 0 saturated carbocycles. The highest BCUT2D eigenvalue weighted by Crippen LogP contribution is 2.19. The number of nitrogens with one attached hydrogen (secondary N) is 1. The number of anilines is 1. The van der Waals surface area contributed by atoms with Gasteiger partial charge in [0.25, 0.3) is 17.5 Å². The molecule has 1 aliphatic heterocycles. The summed E-state index contributed by atoms with van der Waals surface area (Å²) in [5.41, 5.74) is 2.46. The number of benzene rings is 2. The minimum Gasteiger partial charge on any atom is -0.378 e. The summed E-state index contributed by atoms with van der Waals surface area (Å²) in [6.07, 6.45) is 1.47. The zero-order valence-corrected chi connectivity index (χ0v) is 17.8. The summed E-state index contributed by atoms with van der Waals surface area (Å²) in [6, 6.07) is 13.1. The Morgan fingerprint density at radius 2 is 1.74 bits per heavy atom. The van der Waals surface area contributed by atoms with Crippen LogP contribution in [-0.4, -0.2) is 46.7 Å². The molecule has 1 heterocycles. The fourth-order valence-corrected chi connectivity index (χ4v) is 3.02. The lowest BCUT2D eigenvalue weighted by molar-refractivity contribution is -0.384. The van der Waals surface area contributed by atoms with Crippen molar-refractivity contribution in [2.75, 3.05) is 19.0 Å². The number of non-ortho nitro benzene ring substituents is 1. The van der Waals surface area contributed by atoms with Crippen molar-refractivity contribution in [3.63, 3.8) is 0 Å². The predicted octanol–water partition coefficient (Wildman–Crippen LogP) is 2.71. The van der Waals surface area contributed by atoms with Gasteiger partial charge in [0.2, 0.25) is 5.11 Å². The molecule has 0 aliphatic carbocycles. The van der Waals surface area contributed by atoms with Crippen LogP contribution in [0.15, 0.2) is 59.2 Å². The van der Waals surface area contributed by atoms with Crippen LogP contribution in [0.4, 0.5) is 11.4 Å². The van der Waals surface area contributed by atoms with E-state index in [1.807, 2.05) is 31.1 Å². The number of rotatable bonds is 5. The van der Waals surface area contributed by atoms with E-state index in [1.165, 1.54) is 30.3 Å². The summed E-state index contributed by atoms with van der Waals surface area (Å²) in [7, 11) is 3.82. The van der Waals surface area contributed by atoms with Crippen LogP contribution in [0.5, 0.6) is 0 Å². The Morgan fingerprint density at radius 1 is 1.13 bits per heavy atom. The number of hydrogen-bond donors (Lipinski definition) is 1. The van der Waals surface area contributed by atoms with Crippen molar-refractivity contribution in [2.24, 2.45) is 5.10 Å². The van der Waals surface area contributed by atoms with E-state index in [1.54, 1.807) is 19.1 Å². The summed E-state index contributed by atoms with van der Waals surface area (Å²) in [4.78, 5) is 37.5. The second-order valence-corrected chi connectivity index (χ2v) is 7.30. The van der Waals surface area contributed by atoms with E-state index in [4.69, 9.17) is 12.2 Å². The van der Waals surface area contributed by atoms with Crippen LogP contribution in [0.3, 0.4) is 0 Å². The number of carbonyl (C=O) groups excluding carboxylic acids is 2. The second-order valence-electron chi connectivity index (χ2n) is 6.91. The Labute approximate surface area is 183 Å². The highest BCUT2D eigenvalue weighted by Gasteiger charge is 2.33. The lowest BCUT2D eigenvalue weighted by atomic mass is 10.1. The summed E-state index contributed by atoms with van der Waals surface area (Å²) < 4.78 is 0. The van der Waals surface area contributed by atoms with Gasteiger partial charge in [-0.1, -0.05) is 12.1 Å². The van der Waals surface area contributed by atoms with Gasteiger partial charge >= 0.3 is 0 Å². The smallest absolute Gasteiger partial charge is 0.286 e. The van der Waals surface area contributed by atoms with Crippen LogP contribution < -0.4 is 10.2 Å². The number of nitrogens with zero attached hydrogens (tertiary/aromatic N) is 4. The van der Waals surface area contributed by atoms with Crippen molar-refractivity contribution < 1.29 is 14.5 Å². The Hall–Kier alpha value is -3.92. The molecule has 1 aliphatic rings. The van der Waals surface area contributed by atoms with Gasteiger partial charge in [-0.05, 0) is 60.6 Å². The largest absolute Gasteiger partial charge is 0.378 e. The molecule has 10 heteroatoms. The highest BCUT2D eigenvalue weighted by atomic mass is 32.1. The molecule has 0 aromatic heterocycles. The topological polar surface area (TPSA) is 108 Å². The normalized spacial score (nSPS) is 15.8. The van der Waals surface area contributed by atoms with Gasteiger partial charge in [-0.3, -0.25) is 25.0 Å². The molecule has 3 rings (SSSR count). The summed E-state index contributed by atoms with van der Waals surface area (Å²) in [5.74, 6) is -1.27. The molecule has 1 N–H and O–H groups in total. The molecule has 1 fully saturated rings. The Balaban J connectivity index is 1.89. The van der Waals surface area contributed by atoms with Crippen molar-refractivity contribution >= 4 is 52.3 Å². The highest BCUT2D eigenvalue weighted by molar-refractivity contribution is 7.80. The molecule has 2 aromatic carbocycles. The minimum absolute atomic E-state index is 0.0566. The van der Waals surface area contributed by atoms with Crippen LogP contribution in [0, 0.1) is 10.1 Å². The molecule has 1 saturated heterocycles. The molecule has 0 unspecified atom stereocenters. The van der Waals surface area contributed by atoms with Crippen LogP contribution in [-0.2, 0) is 9.59 Å². The van der Waals surface area contributed by atoms with E-state index in [-0.39, 0.29) is 16.4 Å². The number of amides is 2. The average Bonchev–Trinajstić information content (AvgIpc) is 2.74. The molecular formula is C21H19N5O4S. The summed E-state index contributed by atoms with van der Waals surface area (Å²) >= 11 is 5.11. The zero-order valence-electron chi connectivity index (χ0n) is 17.0. The maximum atomic E-state index is 12.9. The number of hydrazone groups is 1. The van der Waals surface area contributed by atoms with E-state index >= 15 is 0 Å². The standard InChI is InChI=1S/C21H19N5O4S/c1-13(15-6-10-17(11-7-15)26(29)30)23-25-20(28)18(19(27)22-21(25)31)12-14-4-8-16(9-5-14)24(2)3/h4-12H,1-3H3,(H,22,27,31)/b18-12+,23-13+. The first-order valence-electron chi connectivity index (χ1n) is 9.16. The zero-order chi connectivity index (χ0) is 22.7. The Bertz CT molecular complexity index is 1120. The van der Waals surface area contributed by atoms with Crippen LogP contribution in [0.2, 0.25) is 0 Å². The van der Waals surface area contributed by atoms with Gasteiger partial charge in [-0.25, -0.2) is 0 Å². The van der Waals surface area contributed by atoms with Gasteiger partial charge in [0, 0.05) is 31.9 Å². The fraction of sp³-hybridized carbons (Fsp3) is 0.143. The van der Waals surface area contributed by atoms with E-state index in [2.05, 4.69) is 10.4 Å². The molecular weight excluding hydrogens is 418 g/mol. The van der Waals surface area contributed by atoms with Gasteiger partial charge < -0.3 is 4.90 Å². The van der Waals surface area contributed by atoms with Gasteiger partial charge in [-0.15, -0.1) is 0 Å². The van der Waals surface area contributed by atoms with Crippen LogP contribution in [0.25, 0.3) is 6.08 Å². The number of nitro groups is 1. The maximum Gasteiger partial charge on any atom is 0.286 e. The van der Waals surface area contributed by atoms with E-state index in [9.17, 15) is 19.7 Å². The third kappa shape index (κ3) is 4.81. The molecule has 0 radical (unpaired) electrons. The van der Waals surface area contributed by atoms with E-state index in [0.717, 1.165) is 10.7 Å². The first-order valence-corrected chi connectivity index (χ1v) is 9.57. The van der Waals surface area contributed by atoms with Crippen molar-refractivity contribution in [1.82, 2.24) is 10.3 Å². The molecule has 31 heavy (non-hydrogen) atoms. The second kappa shape index (κ2) is 8.84. The third-order valence-corrected chi connectivity index (χ3v) is 4.82. The SMILES string of the molecule is C/C(=N\N1C(=O)/C(=C/c2ccc(N(C)C)cc2)C(=O)NC1=S)c1ccc([N+](=O)[O-])cc1. The van der Waals surface area contributed by atoms with Crippen molar-refractivity contribution in [3.8, 4) is 0 Å². The molecule has 9 nitrogen and oxygen atoms in total. The van der Waals surface area contributed by atoms with Crippen molar-refractivity contribution in [1.29, 1.82) is 0 Å². The Kier molecular flexibility index (Phi) is 6.21. The van der Waals surface area contributed by atoms with Crippen molar-refractivity contribution in [2.45, 2.75) is 6.92 Å². The van der Waals surface area contributed by atoms with Crippen LogP contribution in [0.1, 0.15) is 18.1 Å². The van der Waals surface area contributed by atoms with Crippen molar-refractivity contribution in [3.05, 3.63) is 75.3 Å². The van der Waals surface area contributed by atoms with Gasteiger partial charge in [0.05, 0.1) is 10.6 Å².